The molecule has 0 radical (unpaired) electrons. The van der Waals surface area contributed by atoms with Gasteiger partial charge in [0.25, 0.3) is 0 Å². The Balaban J connectivity index is 1.42. The van der Waals surface area contributed by atoms with Gasteiger partial charge in [-0.1, -0.05) is 6.92 Å². The number of rotatable bonds is 5. The molecule has 3 aromatic heterocycles. The summed E-state index contributed by atoms with van der Waals surface area (Å²) >= 11 is 3.21. The first-order valence-electron chi connectivity index (χ1n) is 10.6. The van der Waals surface area contributed by atoms with E-state index in [1.807, 2.05) is 19.9 Å². The maximum atomic E-state index is 13.4. The number of aryl methyl sites for hydroxylation is 1. The van der Waals surface area contributed by atoms with Crippen molar-refractivity contribution in [3.05, 3.63) is 61.4 Å². The van der Waals surface area contributed by atoms with Crippen LogP contribution in [0.25, 0.3) is 0 Å². The summed E-state index contributed by atoms with van der Waals surface area (Å²) in [5, 5.41) is 15.5. The molecule has 4 atom stereocenters. The van der Waals surface area contributed by atoms with Gasteiger partial charge in [-0.2, -0.15) is 0 Å². The van der Waals surface area contributed by atoms with E-state index in [9.17, 15) is 9.90 Å². The molecular weight excluding hydrogens is 430 g/mol. The number of thiophene rings is 2. The predicted molar refractivity (Wildman–Crippen MR) is 122 cm³/mol. The number of aromatic nitrogens is 2. The van der Waals surface area contributed by atoms with E-state index >= 15 is 0 Å². The normalized spacial score (nSPS) is 25.4. The number of carbonyl (C=O) groups excluding carboxylic acids is 1. The highest BCUT2D eigenvalue weighted by Gasteiger charge is 2.32. The Bertz CT molecular complexity index is 1100. The smallest absolute Gasteiger partial charge is 0.208 e. The Kier molecular flexibility index (Phi) is 5.64. The van der Waals surface area contributed by atoms with Crippen molar-refractivity contribution in [1.82, 2.24) is 9.97 Å². The van der Waals surface area contributed by atoms with Crippen molar-refractivity contribution in [1.29, 1.82) is 0 Å². The van der Waals surface area contributed by atoms with Crippen molar-refractivity contribution in [3.8, 4) is 0 Å². The molecule has 2 N–H and O–H groups in total. The van der Waals surface area contributed by atoms with Gasteiger partial charge in [0.2, 0.25) is 5.78 Å². The summed E-state index contributed by atoms with van der Waals surface area (Å²) in [7, 11) is 0. The van der Waals surface area contributed by atoms with Crippen LogP contribution in [0.2, 0.25) is 0 Å². The molecule has 0 aromatic carbocycles. The number of carbonyl (C=O) groups is 1. The molecule has 2 aliphatic rings. The number of hydrogen-bond donors (Lipinski definition) is 2. The van der Waals surface area contributed by atoms with Crippen LogP contribution >= 0.6 is 22.7 Å². The number of aliphatic hydroxyl groups is 1. The lowest BCUT2D eigenvalue weighted by atomic mass is 10.0. The number of hydrogen-bond acceptors (Lipinski definition) is 8. The van der Waals surface area contributed by atoms with E-state index in [-0.39, 0.29) is 30.0 Å². The Labute approximate surface area is 189 Å². The Morgan fingerprint density at radius 3 is 3.03 bits per heavy atom. The minimum absolute atomic E-state index is 0.0868. The van der Waals surface area contributed by atoms with Crippen LogP contribution in [0.1, 0.15) is 62.0 Å². The Morgan fingerprint density at radius 1 is 1.35 bits per heavy atom. The van der Waals surface area contributed by atoms with Gasteiger partial charge in [-0.25, -0.2) is 9.97 Å². The number of fused-ring (bicyclic) bond motifs is 1. The first kappa shape index (κ1) is 20.8. The average Bonchev–Trinajstić information content (AvgIpc) is 3.47. The fourth-order valence-electron chi connectivity index (χ4n) is 4.53. The summed E-state index contributed by atoms with van der Waals surface area (Å²) in [6, 6.07) is 4.24. The Morgan fingerprint density at radius 2 is 2.23 bits per heavy atom. The molecule has 0 amide bonds. The molecule has 6 nitrogen and oxygen atoms in total. The van der Waals surface area contributed by atoms with Crippen molar-refractivity contribution in [2.45, 2.75) is 51.4 Å². The summed E-state index contributed by atoms with van der Waals surface area (Å²) < 4.78 is 6.11. The largest absolute Gasteiger partial charge is 0.393 e. The maximum Gasteiger partial charge on any atom is 0.208 e. The van der Waals surface area contributed by atoms with Gasteiger partial charge in [-0.05, 0) is 55.2 Å². The van der Waals surface area contributed by atoms with Crippen molar-refractivity contribution < 1.29 is 14.6 Å². The summed E-state index contributed by atoms with van der Waals surface area (Å²) in [6.07, 6.45) is 5.05. The first-order valence-corrected chi connectivity index (χ1v) is 12.3. The van der Waals surface area contributed by atoms with Gasteiger partial charge in [0.05, 0.1) is 23.2 Å². The molecule has 5 rings (SSSR count). The van der Waals surface area contributed by atoms with Gasteiger partial charge >= 0.3 is 0 Å². The summed E-state index contributed by atoms with van der Waals surface area (Å²) in [6.45, 7) is 4.78. The van der Waals surface area contributed by atoms with Crippen LogP contribution in [0.3, 0.4) is 0 Å². The molecule has 3 aromatic rings. The summed E-state index contributed by atoms with van der Waals surface area (Å²) in [5.41, 5.74) is 2.87. The third-order valence-corrected chi connectivity index (χ3v) is 8.34. The SMILES string of the molecule is Cc1sc(C(=O)c2cncnc2N[C@@H]2C[C@@H](C)[C@H](O)C2)cc1[C@H]1OCCc2ccsc21. The van der Waals surface area contributed by atoms with Crippen molar-refractivity contribution in [2.75, 3.05) is 11.9 Å². The van der Waals surface area contributed by atoms with E-state index in [4.69, 9.17) is 4.74 Å². The van der Waals surface area contributed by atoms with Gasteiger partial charge in [-0.15, -0.1) is 22.7 Å². The molecule has 8 heteroatoms. The molecule has 0 unspecified atom stereocenters. The van der Waals surface area contributed by atoms with Gasteiger partial charge in [0.1, 0.15) is 18.2 Å². The van der Waals surface area contributed by atoms with Crippen LogP contribution in [0.5, 0.6) is 0 Å². The average molecular weight is 456 g/mol. The molecule has 0 bridgehead atoms. The van der Waals surface area contributed by atoms with Crippen LogP contribution in [0.4, 0.5) is 5.82 Å². The fraction of sp³-hybridized carbons (Fsp3) is 0.435. The lowest BCUT2D eigenvalue weighted by molar-refractivity contribution is 0.0727. The minimum atomic E-state index is -0.321. The van der Waals surface area contributed by atoms with E-state index in [1.165, 1.54) is 28.1 Å². The monoisotopic (exact) mass is 455 g/mol. The molecule has 162 valence electrons. The van der Waals surface area contributed by atoms with E-state index in [0.29, 0.717) is 29.3 Å². The third kappa shape index (κ3) is 3.93. The summed E-state index contributed by atoms with van der Waals surface area (Å²) in [5.74, 6) is 0.684. The second kappa shape index (κ2) is 8.43. The number of nitrogens with one attached hydrogen (secondary N) is 1. The topological polar surface area (TPSA) is 84.3 Å². The maximum absolute atomic E-state index is 13.4. The molecule has 1 aliphatic carbocycles. The number of anilines is 1. The van der Waals surface area contributed by atoms with Crippen LogP contribution in [0, 0.1) is 12.8 Å². The first-order chi connectivity index (χ1) is 15.0. The molecule has 0 spiro atoms. The van der Waals surface area contributed by atoms with E-state index in [2.05, 4.69) is 26.7 Å². The zero-order valence-corrected chi connectivity index (χ0v) is 19.1. The molecule has 1 saturated carbocycles. The number of nitrogens with zero attached hydrogens (tertiary/aromatic N) is 2. The lowest BCUT2D eigenvalue weighted by Crippen LogP contribution is -2.20. The Hall–Kier alpha value is -2.13. The summed E-state index contributed by atoms with van der Waals surface area (Å²) in [4.78, 5) is 24.8. The molecule has 31 heavy (non-hydrogen) atoms. The van der Waals surface area contributed by atoms with E-state index in [1.54, 1.807) is 17.5 Å². The highest BCUT2D eigenvalue weighted by atomic mass is 32.1. The molecule has 1 fully saturated rings. The van der Waals surface area contributed by atoms with Crippen molar-refractivity contribution in [2.24, 2.45) is 5.92 Å². The van der Waals surface area contributed by atoms with Crippen molar-refractivity contribution >= 4 is 34.3 Å². The lowest BCUT2D eigenvalue weighted by Gasteiger charge is -2.23. The van der Waals surface area contributed by atoms with Gasteiger partial charge < -0.3 is 15.2 Å². The second-order valence-electron chi connectivity index (χ2n) is 8.40. The van der Waals surface area contributed by atoms with Gasteiger partial charge in [0, 0.05) is 27.6 Å². The van der Waals surface area contributed by atoms with E-state index < -0.39 is 0 Å². The van der Waals surface area contributed by atoms with Gasteiger partial charge in [0.15, 0.2) is 0 Å². The zero-order valence-electron chi connectivity index (χ0n) is 17.5. The highest BCUT2D eigenvalue weighted by Crippen LogP contribution is 2.40. The molecule has 0 saturated heterocycles. The molecule has 4 heterocycles. The number of ketones is 1. The van der Waals surface area contributed by atoms with Crippen LogP contribution < -0.4 is 5.32 Å². The van der Waals surface area contributed by atoms with Crippen LogP contribution in [-0.4, -0.2) is 39.6 Å². The molecule has 1 aliphatic heterocycles. The van der Waals surface area contributed by atoms with Crippen molar-refractivity contribution in [3.63, 3.8) is 0 Å². The zero-order chi connectivity index (χ0) is 21.5. The fourth-order valence-corrected chi connectivity index (χ4v) is 6.55. The standard InChI is InChI=1S/C23H25N3O3S2/c1-12-7-15(8-18(12)27)26-23-17(10-24-11-25-23)20(28)19-9-16(13(2)31-19)21-22-14(3-5-29-21)4-6-30-22/h4,6,9-12,15,18,21,27H,3,5,7-8H2,1-2H3,(H,24,25,26)/t12-,15-,18-,21-/m1/s1. The van der Waals surface area contributed by atoms with E-state index in [0.717, 1.165) is 23.3 Å². The van der Waals surface area contributed by atoms with Crippen LogP contribution in [-0.2, 0) is 11.2 Å². The van der Waals surface area contributed by atoms with Gasteiger partial charge in [-0.3, -0.25) is 4.79 Å². The second-order valence-corrected chi connectivity index (χ2v) is 10.6. The quantitative estimate of drug-likeness (QED) is 0.556. The molecular formula is C23H25N3O3S2. The van der Waals surface area contributed by atoms with Crippen LogP contribution in [0.15, 0.2) is 30.0 Å². The number of aliphatic hydroxyl groups excluding tert-OH is 1. The number of ether oxygens (including phenoxy) is 1. The minimum Gasteiger partial charge on any atom is -0.393 e. The third-order valence-electron chi connectivity index (χ3n) is 6.27. The highest BCUT2D eigenvalue weighted by molar-refractivity contribution is 7.14. The predicted octanol–water partition coefficient (Wildman–Crippen LogP) is 4.37.